The van der Waals surface area contributed by atoms with Gasteiger partial charge in [0.25, 0.3) is 0 Å². The van der Waals surface area contributed by atoms with E-state index < -0.39 is 0 Å². The van der Waals surface area contributed by atoms with Crippen LogP contribution in [0.25, 0.3) is 0 Å². The lowest BCUT2D eigenvalue weighted by atomic mass is 10.1. The van der Waals surface area contributed by atoms with Gasteiger partial charge in [-0.1, -0.05) is 42.3 Å². The number of hydrogen-bond acceptors (Lipinski definition) is 1. The van der Waals surface area contributed by atoms with Crippen molar-refractivity contribution < 1.29 is 4.39 Å². The molecule has 0 aliphatic heterocycles. The molecule has 0 saturated heterocycles. The largest absolute Gasteiger partial charge is 0.312 e. The second-order valence-corrected chi connectivity index (χ2v) is 4.80. The SMILES string of the molecule is CCC(C)CNCc1ccc(Br)cc1F. The molecule has 0 amide bonds. The normalized spacial score (nSPS) is 12.8. The highest BCUT2D eigenvalue weighted by Crippen LogP contribution is 2.15. The molecule has 15 heavy (non-hydrogen) atoms. The Labute approximate surface area is 99.2 Å². The van der Waals surface area contributed by atoms with Gasteiger partial charge in [-0.2, -0.15) is 0 Å². The molecule has 3 heteroatoms. The van der Waals surface area contributed by atoms with Crippen LogP contribution in [-0.2, 0) is 6.54 Å². The van der Waals surface area contributed by atoms with Crippen LogP contribution in [0.4, 0.5) is 4.39 Å². The highest BCUT2D eigenvalue weighted by molar-refractivity contribution is 9.10. The third-order valence-electron chi connectivity index (χ3n) is 2.52. The van der Waals surface area contributed by atoms with Crippen molar-refractivity contribution in [3.05, 3.63) is 34.1 Å². The molecule has 0 spiro atoms. The Bertz CT molecular complexity index is 314. The van der Waals surface area contributed by atoms with Crippen LogP contribution in [0.2, 0.25) is 0 Å². The minimum absolute atomic E-state index is 0.152. The van der Waals surface area contributed by atoms with Gasteiger partial charge in [0, 0.05) is 16.6 Å². The summed E-state index contributed by atoms with van der Waals surface area (Å²) in [6, 6.07) is 5.17. The molecule has 0 aliphatic carbocycles. The Kier molecular flexibility index (Phi) is 5.26. The molecule has 1 N–H and O–H groups in total. The third-order valence-corrected chi connectivity index (χ3v) is 3.01. The number of hydrogen-bond donors (Lipinski definition) is 1. The third kappa shape index (κ3) is 4.31. The Morgan fingerprint density at radius 2 is 2.20 bits per heavy atom. The van der Waals surface area contributed by atoms with Gasteiger partial charge in [-0.05, 0) is 24.6 Å². The summed E-state index contributed by atoms with van der Waals surface area (Å²) in [5.41, 5.74) is 0.724. The highest BCUT2D eigenvalue weighted by Gasteiger charge is 2.03. The van der Waals surface area contributed by atoms with E-state index >= 15 is 0 Å². The van der Waals surface area contributed by atoms with Gasteiger partial charge in [-0.3, -0.25) is 0 Å². The van der Waals surface area contributed by atoms with Crippen LogP contribution in [0.3, 0.4) is 0 Å². The molecular weight excluding hydrogens is 257 g/mol. The van der Waals surface area contributed by atoms with Crippen LogP contribution < -0.4 is 5.32 Å². The Balaban J connectivity index is 2.44. The summed E-state index contributed by atoms with van der Waals surface area (Å²) in [6.07, 6.45) is 1.15. The molecule has 1 atom stereocenters. The first-order chi connectivity index (χ1) is 7.13. The predicted molar refractivity (Wildman–Crippen MR) is 65.3 cm³/mol. The van der Waals surface area contributed by atoms with Gasteiger partial charge < -0.3 is 5.32 Å². The van der Waals surface area contributed by atoms with Crippen molar-refractivity contribution in [2.75, 3.05) is 6.54 Å². The second-order valence-electron chi connectivity index (χ2n) is 3.88. The summed E-state index contributed by atoms with van der Waals surface area (Å²) in [7, 11) is 0. The maximum absolute atomic E-state index is 13.4. The lowest BCUT2D eigenvalue weighted by Gasteiger charge is -2.10. The van der Waals surface area contributed by atoms with Crippen LogP contribution >= 0.6 is 15.9 Å². The lowest BCUT2D eigenvalue weighted by molar-refractivity contribution is 0.492. The summed E-state index contributed by atoms with van der Waals surface area (Å²) in [5.74, 6) is 0.490. The van der Waals surface area contributed by atoms with Gasteiger partial charge in [0.15, 0.2) is 0 Å². The van der Waals surface area contributed by atoms with E-state index in [1.54, 1.807) is 0 Å². The molecule has 0 bridgehead atoms. The summed E-state index contributed by atoms with van der Waals surface area (Å²) in [5, 5.41) is 3.26. The van der Waals surface area contributed by atoms with Crippen LogP contribution in [0.1, 0.15) is 25.8 Å². The van der Waals surface area contributed by atoms with Crippen LogP contribution in [0.5, 0.6) is 0 Å². The van der Waals surface area contributed by atoms with Crippen molar-refractivity contribution in [3.8, 4) is 0 Å². The van der Waals surface area contributed by atoms with Crippen molar-refractivity contribution >= 4 is 15.9 Å². The summed E-state index contributed by atoms with van der Waals surface area (Å²) in [6.45, 7) is 5.88. The van der Waals surface area contributed by atoms with Crippen LogP contribution in [0, 0.1) is 11.7 Å². The molecule has 1 aromatic rings. The van der Waals surface area contributed by atoms with Gasteiger partial charge in [0.05, 0.1) is 0 Å². The Hall–Kier alpha value is -0.410. The molecule has 0 heterocycles. The molecule has 1 rings (SSSR count). The summed E-state index contributed by atoms with van der Waals surface area (Å²) < 4.78 is 14.2. The van der Waals surface area contributed by atoms with E-state index in [9.17, 15) is 4.39 Å². The standard InChI is InChI=1S/C12H17BrFN/c1-3-9(2)7-15-8-10-4-5-11(13)6-12(10)14/h4-6,9,15H,3,7-8H2,1-2H3. The first-order valence-corrected chi connectivity index (χ1v) is 6.07. The van der Waals surface area contributed by atoms with E-state index in [4.69, 9.17) is 0 Å². The lowest BCUT2D eigenvalue weighted by Crippen LogP contribution is -2.20. The van der Waals surface area contributed by atoms with E-state index in [-0.39, 0.29) is 5.82 Å². The summed E-state index contributed by atoms with van der Waals surface area (Å²) in [4.78, 5) is 0. The topological polar surface area (TPSA) is 12.0 Å². The molecule has 0 aromatic heterocycles. The van der Waals surface area contributed by atoms with Crippen molar-refractivity contribution in [3.63, 3.8) is 0 Å². The zero-order valence-corrected chi connectivity index (χ0v) is 10.8. The van der Waals surface area contributed by atoms with E-state index in [1.165, 1.54) is 6.07 Å². The van der Waals surface area contributed by atoms with Gasteiger partial charge in [-0.15, -0.1) is 0 Å². The van der Waals surface area contributed by atoms with Crippen LogP contribution in [-0.4, -0.2) is 6.54 Å². The molecule has 1 aromatic carbocycles. The average Bonchev–Trinajstić information content (AvgIpc) is 2.21. The molecule has 0 saturated carbocycles. The van der Waals surface area contributed by atoms with Gasteiger partial charge in [0.2, 0.25) is 0 Å². The zero-order chi connectivity index (χ0) is 11.3. The van der Waals surface area contributed by atoms with Crippen molar-refractivity contribution in [2.24, 2.45) is 5.92 Å². The minimum atomic E-state index is -0.152. The maximum Gasteiger partial charge on any atom is 0.128 e. The number of rotatable bonds is 5. The fourth-order valence-electron chi connectivity index (χ4n) is 1.26. The van der Waals surface area contributed by atoms with Gasteiger partial charge >= 0.3 is 0 Å². The fourth-order valence-corrected chi connectivity index (χ4v) is 1.60. The summed E-state index contributed by atoms with van der Waals surface area (Å²) >= 11 is 3.24. The predicted octanol–water partition coefficient (Wildman–Crippen LogP) is 3.72. The zero-order valence-electron chi connectivity index (χ0n) is 9.19. The van der Waals surface area contributed by atoms with Crippen molar-refractivity contribution in [2.45, 2.75) is 26.8 Å². The van der Waals surface area contributed by atoms with E-state index in [0.29, 0.717) is 12.5 Å². The number of benzene rings is 1. The van der Waals surface area contributed by atoms with Gasteiger partial charge in [-0.25, -0.2) is 4.39 Å². The molecule has 84 valence electrons. The maximum atomic E-state index is 13.4. The molecule has 0 aliphatic rings. The molecular formula is C12H17BrFN. The average molecular weight is 274 g/mol. The fraction of sp³-hybridized carbons (Fsp3) is 0.500. The Morgan fingerprint density at radius 3 is 2.80 bits per heavy atom. The molecule has 0 radical (unpaired) electrons. The molecule has 1 unspecified atom stereocenters. The van der Waals surface area contributed by atoms with E-state index in [0.717, 1.165) is 23.0 Å². The molecule has 1 nitrogen and oxygen atoms in total. The Morgan fingerprint density at radius 1 is 1.47 bits per heavy atom. The molecule has 0 fully saturated rings. The minimum Gasteiger partial charge on any atom is -0.312 e. The first kappa shape index (κ1) is 12.7. The van der Waals surface area contributed by atoms with E-state index in [2.05, 4.69) is 35.1 Å². The van der Waals surface area contributed by atoms with Gasteiger partial charge in [0.1, 0.15) is 5.82 Å². The van der Waals surface area contributed by atoms with Crippen molar-refractivity contribution in [1.29, 1.82) is 0 Å². The monoisotopic (exact) mass is 273 g/mol. The van der Waals surface area contributed by atoms with E-state index in [1.807, 2.05) is 12.1 Å². The number of halogens is 2. The van der Waals surface area contributed by atoms with Crippen LogP contribution in [0.15, 0.2) is 22.7 Å². The number of nitrogens with one attached hydrogen (secondary N) is 1. The first-order valence-electron chi connectivity index (χ1n) is 5.28. The smallest absolute Gasteiger partial charge is 0.128 e. The highest BCUT2D eigenvalue weighted by atomic mass is 79.9. The van der Waals surface area contributed by atoms with Crippen molar-refractivity contribution in [1.82, 2.24) is 5.32 Å². The second kappa shape index (κ2) is 6.23. The quantitative estimate of drug-likeness (QED) is 0.862.